The Bertz CT molecular complexity index is 471. The zero-order valence-electron chi connectivity index (χ0n) is 11.7. The lowest BCUT2D eigenvalue weighted by atomic mass is 10.1. The van der Waals surface area contributed by atoms with Crippen molar-refractivity contribution in [2.75, 3.05) is 6.54 Å². The zero-order chi connectivity index (χ0) is 14.1. The van der Waals surface area contributed by atoms with E-state index in [1.165, 1.54) is 0 Å². The SMILES string of the molecule is CCCCC(C)NC(=O)c1ccccc1C#CCN. The Morgan fingerprint density at radius 3 is 2.84 bits per heavy atom. The third kappa shape index (κ3) is 5.15. The summed E-state index contributed by atoms with van der Waals surface area (Å²) in [6, 6.07) is 7.54. The van der Waals surface area contributed by atoms with Gasteiger partial charge in [-0.1, -0.05) is 43.7 Å². The maximum Gasteiger partial charge on any atom is 0.252 e. The van der Waals surface area contributed by atoms with Crippen molar-refractivity contribution in [3.05, 3.63) is 35.4 Å². The predicted octanol–water partition coefficient (Wildman–Crippen LogP) is 2.31. The Hall–Kier alpha value is -1.79. The van der Waals surface area contributed by atoms with Crippen molar-refractivity contribution in [2.45, 2.75) is 39.2 Å². The van der Waals surface area contributed by atoms with Crippen LogP contribution >= 0.6 is 0 Å². The van der Waals surface area contributed by atoms with E-state index in [2.05, 4.69) is 24.1 Å². The van der Waals surface area contributed by atoms with Gasteiger partial charge in [0.1, 0.15) is 0 Å². The molecule has 0 aliphatic rings. The quantitative estimate of drug-likeness (QED) is 0.796. The van der Waals surface area contributed by atoms with E-state index in [1.807, 2.05) is 25.1 Å². The maximum atomic E-state index is 12.2. The highest BCUT2D eigenvalue weighted by Crippen LogP contribution is 2.08. The van der Waals surface area contributed by atoms with Crippen molar-refractivity contribution >= 4 is 5.91 Å². The molecule has 0 aliphatic carbocycles. The number of benzene rings is 1. The molecule has 1 atom stereocenters. The molecule has 1 aromatic carbocycles. The van der Waals surface area contributed by atoms with Gasteiger partial charge in [-0.25, -0.2) is 0 Å². The van der Waals surface area contributed by atoms with Gasteiger partial charge in [-0.3, -0.25) is 4.79 Å². The van der Waals surface area contributed by atoms with Crippen molar-refractivity contribution in [2.24, 2.45) is 5.73 Å². The van der Waals surface area contributed by atoms with E-state index in [0.29, 0.717) is 12.1 Å². The number of carbonyl (C=O) groups is 1. The summed E-state index contributed by atoms with van der Waals surface area (Å²) in [5, 5.41) is 3.01. The molecule has 1 rings (SSSR count). The van der Waals surface area contributed by atoms with Crippen LogP contribution in [0.5, 0.6) is 0 Å². The fourth-order valence-corrected chi connectivity index (χ4v) is 1.82. The molecule has 3 N–H and O–H groups in total. The Morgan fingerprint density at radius 1 is 1.42 bits per heavy atom. The smallest absolute Gasteiger partial charge is 0.252 e. The summed E-state index contributed by atoms with van der Waals surface area (Å²) in [5.41, 5.74) is 6.71. The maximum absolute atomic E-state index is 12.2. The Morgan fingerprint density at radius 2 is 2.16 bits per heavy atom. The number of rotatable bonds is 5. The first-order valence-corrected chi connectivity index (χ1v) is 6.77. The summed E-state index contributed by atoms with van der Waals surface area (Å²) >= 11 is 0. The molecule has 0 fully saturated rings. The Labute approximate surface area is 115 Å². The Kier molecular flexibility index (Phi) is 6.70. The monoisotopic (exact) mass is 258 g/mol. The van der Waals surface area contributed by atoms with Crippen LogP contribution in [-0.2, 0) is 0 Å². The summed E-state index contributed by atoms with van der Waals surface area (Å²) in [7, 11) is 0. The minimum Gasteiger partial charge on any atom is -0.350 e. The molecule has 1 unspecified atom stereocenters. The molecule has 0 saturated carbocycles. The minimum absolute atomic E-state index is 0.0643. The van der Waals surface area contributed by atoms with Gasteiger partial charge in [0.15, 0.2) is 0 Å². The lowest BCUT2D eigenvalue weighted by molar-refractivity contribution is 0.0938. The van der Waals surface area contributed by atoms with Gasteiger partial charge in [-0.15, -0.1) is 0 Å². The molecule has 102 valence electrons. The van der Waals surface area contributed by atoms with Gasteiger partial charge >= 0.3 is 0 Å². The number of hydrogen-bond donors (Lipinski definition) is 2. The van der Waals surface area contributed by atoms with Gasteiger partial charge in [0, 0.05) is 11.6 Å². The van der Waals surface area contributed by atoms with Crippen LogP contribution in [0.3, 0.4) is 0 Å². The molecule has 0 heterocycles. The average molecular weight is 258 g/mol. The first-order valence-electron chi connectivity index (χ1n) is 6.77. The van der Waals surface area contributed by atoms with Crippen molar-refractivity contribution < 1.29 is 4.79 Å². The number of carbonyl (C=O) groups excluding carboxylic acids is 1. The average Bonchev–Trinajstić information content (AvgIpc) is 2.43. The fourth-order valence-electron chi connectivity index (χ4n) is 1.82. The summed E-state index contributed by atoms with van der Waals surface area (Å²) in [4.78, 5) is 12.2. The lowest BCUT2D eigenvalue weighted by Crippen LogP contribution is -2.32. The highest BCUT2D eigenvalue weighted by Gasteiger charge is 2.12. The van der Waals surface area contributed by atoms with Gasteiger partial charge in [-0.2, -0.15) is 0 Å². The number of nitrogens with one attached hydrogen (secondary N) is 1. The molecule has 0 saturated heterocycles. The van der Waals surface area contributed by atoms with Crippen LogP contribution in [0.15, 0.2) is 24.3 Å². The highest BCUT2D eigenvalue weighted by molar-refractivity contribution is 5.96. The number of amides is 1. The van der Waals surface area contributed by atoms with Crippen molar-refractivity contribution in [3.63, 3.8) is 0 Å². The minimum atomic E-state index is -0.0643. The molecule has 0 aliphatic heterocycles. The van der Waals surface area contributed by atoms with E-state index >= 15 is 0 Å². The fraction of sp³-hybridized carbons (Fsp3) is 0.438. The second kappa shape index (κ2) is 8.34. The van der Waals surface area contributed by atoms with E-state index in [0.717, 1.165) is 24.8 Å². The summed E-state index contributed by atoms with van der Waals surface area (Å²) < 4.78 is 0. The van der Waals surface area contributed by atoms with Crippen molar-refractivity contribution in [1.29, 1.82) is 0 Å². The molecule has 1 aromatic rings. The van der Waals surface area contributed by atoms with Gasteiger partial charge in [0.05, 0.1) is 12.1 Å². The van der Waals surface area contributed by atoms with E-state index in [4.69, 9.17) is 5.73 Å². The van der Waals surface area contributed by atoms with Crippen LogP contribution in [0.25, 0.3) is 0 Å². The van der Waals surface area contributed by atoms with Crippen LogP contribution in [0.4, 0.5) is 0 Å². The number of hydrogen-bond acceptors (Lipinski definition) is 2. The molecule has 19 heavy (non-hydrogen) atoms. The standard InChI is InChI=1S/C16H22N2O/c1-3-4-8-13(2)18-16(19)15-11-6-5-9-14(15)10-7-12-17/h5-6,9,11,13H,3-4,8,12,17H2,1-2H3,(H,18,19). The van der Waals surface area contributed by atoms with Gasteiger partial charge in [0.2, 0.25) is 0 Å². The molecule has 3 heteroatoms. The lowest BCUT2D eigenvalue weighted by Gasteiger charge is -2.14. The predicted molar refractivity (Wildman–Crippen MR) is 78.8 cm³/mol. The van der Waals surface area contributed by atoms with E-state index in [1.54, 1.807) is 6.07 Å². The molecule has 1 amide bonds. The van der Waals surface area contributed by atoms with Crippen LogP contribution in [-0.4, -0.2) is 18.5 Å². The summed E-state index contributed by atoms with van der Waals surface area (Å²) in [5.74, 6) is 5.66. The van der Waals surface area contributed by atoms with Crippen molar-refractivity contribution in [3.8, 4) is 11.8 Å². The van der Waals surface area contributed by atoms with Crippen molar-refractivity contribution in [1.82, 2.24) is 5.32 Å². The van der Waals surface area contributed by atoms with E-state index < -0.39 is 0 Å². The van der Waals surface area contributed by atoms with E-state index in [9.17, 15) is 4.79 Å². The molecule has 0 spiro atoms. The number of unbranched alkanes of at least 4 members (excludes halogenated alkanes) is 1. The molecular formula is C16H22N2O. The molecular weight excluding hydrogens is 236 g/mol. The molecule has 0 radical (unpaired) electrons. The van der Waals surface area contributed by atoms with Gasteiger partial charge in [0.25, 0.3) is 5.91 Å². The molecule has 0 aromatic heterocycles. The zero-order valence-corrected chi connectivity index (χ0v) is 11.7. The second-order valence-electron chi connectivity index (χ2n) is 4.57. The first-order chi connectivity index (χ1) is 9.19. The number of nitrogens with two attached hydrogens (primary N) is 1. The van der Waals surface area contributed by atoms with Crippen LogP contribution in [0.2, 0.25) is 0 Å². The molecule has 3 nitrogen and oxygen atoms in total. The van der Waals surface area contributed by atoms with Crippen LogP contribution < -0.4 is 11.1 Å². The van der Waals surface area contributed by atoms with Gasteiger partial charge < -0.3 is 11.1 Å². The third-order valence-electron chi connectivity index (χ3n) is 2.86. The summed E-state index contributed by atoms with van der Waals surface area (Å²) in [6.07, 6.45) is 3.26. The van der Waals surface area contributed by atoms with Crippen LogP contribution in [0.1, 0.15) is 49.0 Å². The highest BCUT2D eigenvalue weighted by atomic mass is 16.1. The summed E-state index contributed by atoms with van der Waals surface area (Å²) in [6.45, 7) is 4.47. The third-order valence-corrected chi connectivity index (χ3v) is 2.86. The topological polar surface area (TPSA) is 55.1 Å². The van der Waals surface area contributed by atoms with Gasteiger partial charge in [-0.05, 0) is 25.5 Å². The Balaban J connectivity index is 2.76. The van der Waals surface area contributed by atoms with E-state index in [-0.39, 0.29) is 11.9 Å². The first kappa shape index (κ1) is 15.3. The molecule has 0 bridgehead atoms. The normalized spacial score (nSPS) is 11.3. The van der Waals surface area contributed by atoms with Crippen LogP contribution in [0, 0.1) is 11.8 Å². The largest absolute Gasteiger partial charge is 0.350 e. The second-order valence-corrected chi connectivity index (χ2v) is 4.57.